The van der Waals surface area contributed by atoms with Gasteiger partial charge in [0.25, 0.3) is 5.91 Å². The van der Waals surface area contributed by atoms with Crippen LogP contribution in [0, 0.1) is 5.92 Å². The molecule has 1 N–H and O–H groups in total. The van der Waals surface area contributed by atoms with Crippen molar-refractivity contribution in [3.63, 3.8) is 0 Å². The first-order valence-corrected chi connectivity index (χ1v) is 9.76. The quantitative estimate of drug-likeness (QED) is 0.862. The monoisotopic (exact) mass is 353 g/mol. The van der Waals surface area contributed by atoms with Crippen LogP contribution < -0.4 is 5.32 Å². The summed E-state index contributed by atoms with van der Waals surface area (Å²) in [5.74, 6) is -0.110. The molecular weight excluding hydrogens is 334 g/mol. The fraction of sp³-hybridized carbons (Fsp3) is 0.400. The van der Waals surface area contributed by atoms with Crippen LogP contribution in [0.3, 0.4) is 0 Å². The third-order valence-corrected chi connectivity index (χ3v) is 5.76. The third kappa shape index (κ3) is 4.35. The molecule has 2 aromatic rings. The molecule has 0 spiro atoms. The minimum Gasteiger partial charge on any atom is -0.296 e. The SMILES string of the molecule is CCS(=O)(=O)c1ccccc1C(=O)Nc1nnc(CC(C)C)s1. The van der Waals surface area contributed by atoms with Crippen molar-refractivity contribution >= 4 is 32.2 Å². The number of sulfone groups is 1. The minimum absolute atomic E-state index is 0.0342. The molecule has 6 nitrogen and oxygen atoms in total. The standard InChI is InChI=1S/C15H19N3O3S2/c1-4-23(20,21)12-8-6-5-7-11(12)14(19)16-15-18-17-13(22-15)9-10(2)3/h5-8,10H,4,9H2,1-3H3,(H,16,18,19). The molecule has 1 amide bonds. The Morgan fingerprint density at radius 3 is 2.61 bits per heavy atom. The fourth-order valence-corrected chi connectivity index (χ4v) is 4.02. The number of hydrogen-bond acceptors (Lipinski definition) is 6. The maximum Gasteiger partial charge on any atom is 0.258 e. The number of carbonyl (C=O) groups excluding carboxylic acids is 1. The number of hydrogen-bond donors (Lipinski definition) is 1. The molecule has 0 aliphatic heterocycles. The summed E-state index contributed by atoms with van der Waals surface area (Å²) in [6, 6.07) is 6.17. The second-order valence-electron chi connectivity index (χ2n) is 5.45. The number of rotatable bonds is 6. The maximum atomic E-state index is 12.4. The average Bonchev–Trinajstić information content (AvgIpc) is 2.93. The number of anilines is 1. The van der Waals surface area contributed by atoms with Gasteiger partial charge in [0.2, 0.25) is 5.13 Å². The summed E-state index contributed by atoms with van der Waals surface area (Å²) in [4.78, 5) is 12.4. The van der Waals surface area contributed by atoms with Crippen molar-refractivity contribution in [2.75, 3.05) is 11.1 Å². The van der Waals surface area contributed by atoms with Gasteiger partial charge in [-0.25, -0.2) is 8.42 Å². The Hall–Kier alpha value is -1.80. The lowest BCUT2D eigenvalue weighted by Gasteiger charge is -2.08. The molecule has 1 aromatic heterocycles. The van der Waals surface area contributed by atoms with E-state index in [2.05, 4.69) is 29.4 Å². The van der Waals surface area contributed by atoms with Crippen LogP contribution in [-0.4, -0.2) is 30.3 Å². The largest absolute Gasteiger partial charge is 0.296 e. The molecule has 124 valence electrons. The van der Waals surface area contributed by atoms with Crippen LogP contribution in [-0.2, 0) is 16.3 Å². The molecule has 1 aromatic carbocycles. The lowest BCUT2D eigenvalue weighted by atomic mass is 10.1. The third-order valence-electron chi connectivity index (χ3n) is 3.12. The van der Waals surface area contributed by atoms with E-state index in [0.29, 0.717) is 11.0 Å². The first-order chi connectivity index (χ1) is 10.8. The maximum absolute atomic E-state index is 12.4. The van der Waals surface area contributed by atoms with Crippen molar-refractivity contribution in [2.24, 2.45) is 5.92 Å². The van der Waals surface area contributed by atoms with Crippen molar-refractivity contribution < 1.29 is 13.2 Å². The van der Waals surface area contributed by atoms with E-state index < -0.39 is 15.7 Å². The number of amides is 1. The predicted octanol–water partition coefficient (Wildman–Crippen LogP) is 2.78. The lowest BCUT2D eigenvalue weighted by molar-refractivity contribution is 0.102. The Morgan fingerprint density at radius 2 is 1.96 bits per heavy atom. The molecule has 8 heteroatoms. The molecule has 0 saturated carbocycles. The van der Waals surface area contributed by atoms with Crippen molar-refractivity contribution in [1.29, 1.82) is 0 Å². The van der Waals surface area contributed by atoms with Gasteiger partial charge in [-0.2, -0.15) is 0 Å². The summed E-state index contributed by atoms with van der Waals surface area (Å²) in [6.45, 7) is 5.70. The summed E-state index contributed by atoms with van der Waals surface area (Å²) < 4.78 is 24.2. The van der Waals surface area contributed by atoms with Gasteiger partial charge in [-0.1, -0.05) is 44.2 Å². The van der Waals surface area contributed by atoms with Gasteiger partial charge in [0.05, 0.1) is 16.2 Å². The predicted molar refractivity (Wildman–Crippen MR) is 90.6 cm³/mol. The molecule has 0 atom stereocenters. The van der Waals surface area contributed by atoms with Crippen LogP contribution in [0.15, 0.2) is 29.2 Å². The highest BCUT2D eigenvalue weighted by atomic mass is 32.2. The lowest BCUT2D eigenvalue weighted by Crippen LogP contribution is -2.17. The molecule has 0 fully saturated rings. The zero-order valence-electron chi connectivity index (χ0n) is 13.2. The zero-order chi connectivity index (χ0) is 17.0. The first-order valence-electron chi connectivity index (χ1n) is 7.29. The van der Waals surface area contributed by atoms with E-state index in [1.807, 2.05) is 0 Å². The molecule has 23 heavy (non-hydrogen) atoms. The Balaban J connectivity index is 2.23. The second kappa shape index (κ2) is 7.18. The van der Waals surface area contributed by atoms with E-state index in [1.54, 1.807) is 19.1 Å². The molecule has 0 saturated heterocycles. The molecule has 0 radical (unpaired) electrons. The number of benzene rings is 1. The Morgan fingerprint density at radius 1 is 1.26 bits per heavy atom. The van der Waals surface area contributed by atoms with Gasteiger partial charge in [0.1, 0.15) is 5.01 Å². The zero-order valence-corrected chi connectivity index (χ0v) is 14.9. The van der Waals surface area contributed by atoms with Gasteiger partial charge in [-0.15, -0.1) is 10.2 Å². The van der Waals surface area contributed by atoms with Gasteiger partial charge in [0.15, 0.2) is 9.84 Å². The number of nitrogens with one attached hydrogen (secondary N) is 1. The highest BCUT2D eigenvalue weighted by molar-refractivity contribution is 7.91. The van der Waals surface area contributed by atoms with Crippen LogP contribution in [0.25, 0.3) is 0 Å². The topological polar surface area (TPSA) is 89.0 Å². The minimum atomic E-state index is -3.47. The highest BCUT2D eigenvalue weighted by Crippen LogP contribution is 2.21. The Labute approximate surface area is 139 Å². The Bertz CT molecular complexity index is 798. The van der Waals surface area contributed by atoms with Gasteiger partial charge < -0.3 is 0 Å². The number of aromatic nitrogens is 2. The summed E-state index contributed by atoms with van der Waals surface area (Å²) in [7, 11) is -3.47. The van der Waals surface area contributed by atoms with Crippen molar-refractivity contribution in [1.82, 2.24) is 10.2 Å². The van der Waals surface area contributed by atoms with Gasteiger partial charge in [0, 0.05) is 6.42 Å². The van der Waals surface area contributed by atoms with E-state index in [4.69, 9.17) is 0 Å². The normalized spacial score (nSPS) is 11.7. The Kier molecular flexibility index (Phi) is 5.48. The van der Waals surface area contributed by atoms with Crippen LogP contribution in [0.5, 0.6) is 0 Å². The summed E-state index contributed by atoms with van der Waals surface area (Å²) in [6.07, 6.45) is 0.786. The van der Waals surface area contributed by atoms with Crippen molar-refractivity contribution in [3.05, 3.63) is 34.8 Å². The van der Waals surface area contributed by atoms with E-state index >= 15 is 0 Å². The number of carbonyl (C=O) groups is 1. The van der Waals surface area contributed by atoms with E-state index in [0.717, 1.165) is 11.4 Å². The first kappa shape index (κ1) is 17.6. The summed E-state index contributed by atoms with van der Waals surface area (Å²) in [5.41, 5.74) is 0.120. The molecule has 0 aliphatic rings. The second-order valence-corrected chi connectivity index (χ2v) is 8.76. The highest BCUT2D eigenvalue weighted by Gasteiger charge is 2.21. The van der Waals surface area contributed by atoms with Crippen LogP contribution in [0.2, 0.25) is 0 Å². The summed E-state index contributed by atoms with van der Waals surface area (Å²) in [5, 5.41) is 11.8. The molecular formula is C15H19N3O3S2. The average molecular weight is 353 g/mol. The van der Waals surface area contributed by atoms with E-state index in [-0.39, 0.29) is 16.2 Å². The molecule has 2 rings (SSSR count). The van der Waals surface area contributed by atoms with Crippen LogP contribution in [0.4, 0.5) is 5.13 Å². The van der Waals surface area contributed by atoms with E-state index in [9.17, 15) is 13.2 Å². The molecule has 0 aliphatic carbocycles. The molecule has 1 heterocycles. The van der Waals surface area contributed by atoms with Crippen molar-refractivity contribution in [2.45, 2.75) is 32.1 Å². The van der Waals surface area contributed by atoms with Crippen LogP contribution in [0.1, 0.15) is 36.1 Å². The smallest absolute Gasteiger partial charge is 0.258 e. The summed E-state index contributed by atoms with van der Waals surface area (Å²) >= 11 is 1.30. The molecule has 0 bridgehead atoms. The molecule has 0 unspecified atom stereocenters. The van der Waals surface area contributed by atoms with Gasteiger partial charge in [-0.05, 0) is 18.1 Å². The number of nitrogens with zero attached hydrogens (tertiary/aromatic N) is 2. The van der Waals surface area contributed by atoms with E-state index in [1.165, 1.54) is 23.5 Å². The van der Waals surface area contributed by atoms with Gasteiger partial charge >= 0.3 is 0 Å². The fourth-order valence-electron chi connectivity index (χ4n) is 1.98. The van der Waals surface area contributed by atoms with Crippen LogP contribution >= 0.6 is 11.3 Å². The van der Waals surface area contributed by atoms with Crippen molar-refractivity contribution in [3.8, 4) is 0 Å². The van der Waals surface area contributed by atoms with Gasteiger partial charge in [-0.3, -0.25) is 10.1 Å².